The maximum Gasteiger partial charge on any atom is 0.0995 e. The van der Waals surface area contributed by atoms with Crippen molar-refractivity contribution in [2.45, 2.75) is 13.0 Å². The maximum atomic E-state index is 6.03. The molecule has 2 aromatic rings. The fourth-order valence-corrected chi connectivity index (χ4v) is 1.46. The first-order valence-electron chi connectivity index (χ1n) is 4.61. The third-order valence-electron chi connectivity index (χ3n) is 2.08. The Morgan fingerprint density at radius 1 is 1.40 bits per heavy atom. The average Bonchev–Trinajstić information content (AvgIpc) is 2.67. The summed E-state index contributed by atoms with van der Waals surface area (Å²) in [5.74, 6) is 0. The van der Waals surface area contributed by atoms with Gasteiger partial charge in [0, 0.05) is 6.04 Å². The van der Waals surface area contributed by atoms with Crippen molar-refractivity contribution in [1.82, 2.24) is 15.0 Å². The summed E-state index contributed by atoms with van der Waals surface area (Å²) in [6.07, 6.45) is 1.78. The number of hydrogen-bond donors (Lipinski definition) is 1. The SMILES string of the molecule is CC(N)c1cn(-c2ccccc2Cl)nn1. The van der Waals surface area contributed by atoms with Crippen molar-refractivity contribution in [2.24, 2.45) is 5.73 Å². The van der Waals surface area contributed by atoms with E-state index in [9.17, 15) is 0 Å². The third kappa shape index (κ3) is 2.00. The van der Waals surface area contributed by atoms with Crippen molar-refractivity contribution in [3.05, 3.63) is 41.2 Å². The zero-order chi connectivity index (χ0) is 10.8. The lowest BCUT2D eigenvalue weighted by molar-refractivity contribution is 0.756. The second-order valence-corrected chi connectivity index (χ2v) is 3.74. The normalized spacial score (nSPS) is 12.7. The van der Waals surface area contributed by atoms with Crippen molar-refractivity contribution in [3.63, 3.8) is 0 Å². The summed E-state index contributed by atoms with van der Waals surface area (Å²) >= 11 is 6.03. The van der Waals surface area contributed by atoms with Gasteiger partial charge in [0.05, 0.1) is 22.6 Å². The Balaban J connectivity index is 2.42. The minimum absolute atomic E-state index is 0.124. The van der Waals surface area contributed by atoms with Crippen LogP contribution in [0.3, 0.4) is 0 Å². The van der Waals surface area contributed by atoms with Crippen molar-refractivity contribution in [3.8, 4) is 5.69 Å². The van der Waals surface area contributed by atoms with Crippen LogP contribution in [0.4, 0.5) is 0 Å². The summed E-state index contributed by atoms with van der Waals surface area (Å²) < 4.78 is 1.63. The van der Waals surface area contributed by atoms with Gasteiger partial charge in [-0.05, 0) is 19.1 Å². The zero-order valence-corrected chi connectivity index (χ0v) is 9.02. The monoisotopic (exact) mass is 222 g/mol. The molecule has 0 fully saturated rings. The number of nitrogens with zero attached hydrogens (tertiary/aromatic N) is 3. The molecular weight excluding hydrogens is 212 g/mol. The second kappa shape index (κ2) is 4.00. The van der Waals surface area contributed by atoms with Crippen LogP contribution in [0.2, 0.25) is 5.02 Å². The van der Waals surface area contributed by atoms with E-state index in [1.54, 1.807) is 10.9 Å². The molecule has 0 spiro atoms. The third-order valence-corrected chi connectivity index (χ3v) is 2.40. The number of aromatic nitrogens is 3. The fraction of sp³-hybridized carbons (Fsp3) is 0.200. The molecule has 2 rings (SSSR count). The molecule has 1 aromatic carbocycles. The van der Waals surface area contributed by atoms with Crippen LogP contribution in [0.15, 0.2) is 30.5 Å². The van der Waals surface area contributed by atoms with Gasteiger partial charge in [-0.2, -0.15) is 0 Å². The minimum atomic E-state index is -0.124. The first-order valence-corrected chi connectivity index (χ1v) is 4.99. The summed E-state index contributed by atoms with van der Waals surface area (Å²) in [4.78, 5) is 0. The highest BCUT2D eigenvalue weighted by molar-refractivity contribution is 6.32. The van der Waals surface area contributed by atoms with E-state index in [1.165, 1.54) is 0 Å². The van der Waals surface area contributed by atoms with Crippen LogP contribution in [-0.2, 0) is 0 Å². The van der Waals surface area contributed by atoms with Gasteiger partial charge in [0.15, 0.2) is 0 Å². The largest absolute Gasteiger partial charge is 0.323 e. The van der Waals surface area contributed by atoms with Gasteiger partial charge in [-0.3, -0.25) is 0 Å². The van der Waals surface area contributed by atoms with E-state index in [2.05, 4.69) is 10.3 Å². The summed E-state index contributed by atoms with van der Waals surface area (Å²) in [6, 6.07) is 7.33. The van der Waals surface area contributed by atoms with E-state index in [0.29, 0.717) is 5.02 Å². The first kappa shape index (κ1) is 10.1. The molecule has 0 aliphatic carbocycles. The number of hydrogen-bond acceptors (Lipinski definition) is 3. The zero-order valence-electron chi connectivity index (χ0n) is 8.26. The van der Waals surface area contributed by atoms with E-state index in [1.807, 2.05) is 31.2 Å². The van der Waals surface area contributed by atoms with Gasteiger partial charge >= 0.3 is 0 Å². The molecule has 1 heterocycles. The van der Waals surface area contributed by atoms with E-state index >= 15 is 0 Å². The van der Waals surface area contributed by atoms with Crippen molar-refractivity contribution >= 4 is 11.6 Å². The van der Waals surface area contributed by atoms with Gasteiger partial charge in [-0.15, -0.1) is 5.10 Å². The van der Waals surface area contributed by atoms with Crippen LogP contribution in [0.5, 0.6) is 0 Å². The highest BCUT2D eigenvalue weighted by Gasteiger charge is 2.08. The van der Waals surface area contributed by atoms with Gasteiger partial charge in [-0.1, -0.05) is 28.9 Å². The highest BCUT2D eigenvalue weighted by atomic mass is 35.5. The molecule has 0 saturated heterocycles. The van der Waals surface area contributed by atoms with Crippen LogP contribution >= 0.6 is 11.6 Å². The van der Waals surface area contributed by atoms with Crippen molar-refractivity contribution in [2.75, 3.05) is 0 Å². The molecule has 0 aliphatic rings. The van der Waals surface area contributed by atoms with Crippen LogP contribution in [0, 0.1) is 0 Å². The first-order chi connectivity index (χ1) is 7.18. The smallest absolute Gasteiger partial charge is 0.0995 e. The molecule has 2 N–H and O–H groups in total. The predicted octanol–water partition coefficient (Wildman–Crippen LogP) is 1.94. The molecule has 1 aromatic heterocycles. The molecule has 0 aliphatic heterocycles. The Hall–Kier alpha value is -1.39. The Bertz CT molecular complexity index is 464. The lowest BCUT2D eigenvalue weighted by Gasteiger charge is -2.01. The molecule has 78 valence electrons. The molecule has 5 heteroatoms. The lowest BCUT2D eigenvalue weighted by Crippen LogP contribution is -2.04. The predicted molar refractivity (Wildman–Crippen MR) is 59.0 cm³/mol. The van der Waals surface area contributed by atoms with E-state index < -0.39 is 0 Å². The van der Waals surface area contributed by atoms with Crippen LogP contribution in [0.25, 0.3) is 5.69 Å². The molecule has 0 amide bonds. The van der Waals surface area contributed by atoms with E-state index in [-0.39, 0.29) is 6.04 Å². The van der Waals surface area contributed by atoms with Crippen molar-refractivity contribution in [1.29, 1.82) is 0 Å². The highest BCUT2D eigenvalue weighted by Crippen LogP contribution is 2.19. The summed E-state index contributed by atoms with van der Waals surface area (Å²) in [7, 11) is 0. The van der Waals surface area contributed by atoms with Gasteiger partial charge in [0.1, 0.15) is 0 Å². The Kier molecular flexibility index (Phi) is 2.70. The van der Waals surface area contributed by atoms with Crippen molar-refractivity contribution < 1.29 is 0 Å². The van der Waals surface area contributed by atoms with Gasteiger partial charge in [0.25, 0.3) is 0 Å². The number of para-hydroxylation sites is 1. The molecule has 1 unspecified atom stereocenters. The van der Waals surface area contributed by atoms with Gasteiger partial charge in [-0.25, -0.2) is 4.68 Å². The Labute approximate surface area is 92.7 Å². The van der Waals surface area contributed by atoms with Crippen LogP contribution in [0.1, 0.15) is 18.7 Å². The molecule has 15 heavy (non-hydrogen) atoms. The molecule has 1 atom stereocenters. The lowest BCUT2D eigenvalue weighted by atomic mass is 10.3. The standard InChI is InChI=1S/C10H11ClN4/c1-7(12)9-6-15(14-13-9)10-5-3-2-4-8(10)11/h2-7H,12H2,1H3. The quantitative estimate of drug-likeness (QED) is 0.845. The number of nitrogens with two attached hydrogens (primary N) is 1. The van der Waals surface area contributed by atoms with Gasteiger partial charge < -0.3 is 5.73 Å². The van der Waals surface area contributed by atoms with E-state index in [4.69, 9.17) is 17.3 Å². The van der Waals surface area contributed by atoms with Crippen LogP contribution < -0.4 is 5.73 Å². The average molecular weight is 223 g/mol. The molecule has 4 nitrogen and oxygen atoms in total. The molecule has 0 saturated carbocycles. The Morgan fingerprint density at radius 3 is 2.73 bits per heavy atom. The van der Waals surface area contributed by atoms with Crippen LogP contribution in [-0.4, -0.2) is 15.0 Å². The number of rotatable bonds is 2. The molecule has 0 radical (unpaired) electrons. The second-order valence-electron chi connectivity index (χ2n) is 3.33. The minimum Gasteiger partial charge on any atom is -0.323 e. The summed E-state index contributed by atoms with van der Waals surface area (Å²) in [5, 5.41) is 8.57. The van der Waals surface area contributed by atoms with Gasteiger partial charge in [0.2, 0.25) is 0 Å². The fourth-order valence-electron chi connectivity index (χ4n) is 1.24. The maximum absolute atomic E-state index is 6.03. The molecular formula is C10H11ClN4. The number of benzene rings is 1. The molecule has 0 bridgehead atoms. The topological polar surface area (TPSA) is 56.7 Å². The number of halogens is 1. The van der Waals surface area contributed by atoms with E-state index in [0.717, 1.165) is 11.4 Å². The summed E-state index contributed by atoms with van der Waals surface area (Å²) in [6.45, 7) is 1.86. The Morgan fingerprint density at radius 2 is 2.13 bits per heavy atom. The summed E-state index contributed by atoms with van der Waals surface area (Å²) in [5.41, 5.74) is 7.24.